The van der Waals surface area contributed by atoms with Crippen LogP contribution in [0.1, 0.15) is 5.56 Å². The Kier molecular flexibility index (Phi) is 3.07. The van der Waals surface area contributed by atoms with Crippen LogP contribution in [0.5, 0.6) is 0 Å². The molecule has 15 heavy (non-hydrogen) atoms. The van der Waals surface area contributed by atoms with Gasteiger partial charge in [0.05, 0.1) is 4.90 Å². The van der Waals surface area contributed by atoms with Gasteiger partial charge >= 0.3 is 0 Å². The standard InChI is InChI=1S/C9H8N2O3S/c1-7-2-4-8(5-3-7)15(13,14)9(6-10)11-12/h2-5,12H,1H3/b11-9+. The molecule has 0 saturated heterocycles. The van der Waals surface area contributed by atoms with Crippen LogP contribution in [-0.4, -0.2) is 18.7 Å². The van der Waals surface area contributed by atoms with Crippen LogP contribution in [0.15, 0.2) is 34.3 Å². The molecule has 0 unspecified atom stereocenters. The predicted molar refractivity (Wildman–Crippen MR) is 53.2 cm³/mol. The maximum absolute atomic E-state index is 11.6. The predicted octanol–water partition coefficient (Wildman–Crippen LogP) is 1.08. The summed E-state index contributed by atoms with van der Waals surface area (Å²) in [6.07, 6.45) is 0. The summed E-state index contributed by atoms with van der Waals surface area (Å²) in [6, 6.07) is 7.22. The van der Waals surface area contributed by atoms with Crippen LogP contribution in [0.2, 0.25) is 0 Å². The Balaban J connectivity index is 3.31. The van der Waals surface area contributed by atoms with Crippen molar-refractivity contribution in [3.8, 4) is 6.07 Å². The molecule has 0 aliphatic heterocycles. The highest BCUT2D eigenvalue weighted by molar-refractivity contribution is 8.07. The molecule has 0 aliphatic rings. The van der Waals surface area contributed by atoms with E-state index >= 15 is 0 Å². The first-order valence-corrected chi connectivity index (χ1v) is 5.44. The van der Waals surface area contributed by atoms with Crippen molar-refractivity contribution in [1.82, 2.24) is 0 Å². The lowest BCUT2D eigenvalue weighted by atomic mass is 10.2. The highest BCUT2D eigenvalue weighted by atomic mass is 32.2. The molecule has 0 amide bonds. The van der Waals surface area contributed by atoms with Gasteiger partial charge in [-0.25, -0.2) is 8.42 Å². The first kappa shape index (κ1) is 11.2. The van der Waals surface area contributed by atoms with Crippen molar-refractivity contribution in [2.75, 3.05) is 0 Å². The van der Waals surface area contributed by atoms with E-state index in [9.17, 15) is 8.42 Å². The van der Waals surface area contributed by atoms with Crippen LogP contribution in [0.25, 0.3) is 0 Å². The molecule has 0 bridgehead atoms. The van der Waals surface area contributed by atoms with Gasteiger partial charge in [-0.3, -0.25) is 0 Å². The van der Waals surface area contributed by atoms with Gasteiger partial charge in [0.1, 0.15) is 6.07 Å². The molecule has 0 aliphatic carbocycles. The zero-order valence-corrected chi connectivity index (χ0v) is 8.69. The second-order valence-corrected chi connectivity index (χ2v) is 4.70. The maximum atomic E-state index is 11.6. The third-order valence-electron chi connectivity index (χ3n) is 1.77. The maximum Gasteiger partial charge on any atom is 0.275 e. The summed E-state index contributed by atoms with van der Waals surface area (Å²) in [4.78, 5) is -0.0672. The van der Waals surface area contributed by atoms with Gasteiger partial charge in [0.15, 0.2) is 0 Å². The van der Waals surface area contributed by atoms with E-state index in [1.165, 1.54) is 18.2 Å². The van der Waals surface area contributed by atoms with Crippen molar-refractivity contribution in [3.63, 3.8) is 0 Å². The van der Waals surface area contributed by atoms with Crippen molar-refractivity contribution >= 4 is 14.9 Å². The zero-order chi connectivity index (χ0) is 11.5. The van der Waals surface area contributed by atoms with Gasteiger partial charge in [-0.1, -0.05) is 22.9 Å². The number of nitrogens with zero attached hydrogens (tertiary/aromatic N) is 2. The largest absolute Gasteiger partial charge is 0.409 e. The lowest BCUT2D eigenvalue weighted by molar-refractivity contribution is 0.321. The minimum atomic E-state index is -3.98. The first-order valence-electron chi connectivity index (χ1n) is 3.96. The second-order valence-electron chi connectivity index (χ2n) is 2.83. The van der Waals surface area contributed by atoms with E-state index in [0.29, 0.717) is 0 Å². The van der Waals surface area contributed by atoms with Crippen LogP contribution in [0, 0.1) is 18.3 Å². The van der Waals surface area contributed by atoms with Crippen molar-refractivity contribution in [2.45, 2.75) is 11.8 Å². The quantitative estimate of drug-likeness (QED) is 0.334. The number of oxime groups is 1. The fraction of sp³-hybridized carbons (Fsp3) is 0.111. The van der Waals surface area contributed by atoms with Crippen LogP contribution in [0.3, 0.4) is 0 Å². The third kappa shape index (κ3) is 2.14. The summed E-state index contributed by atoms with van der Waals surface area (Å²) in [6.45, 7) is 1.81. The number of hydrogen-bond acceptors (Lipinski definition) is 5. The smallest absolute Gasteiger partial charge is 0.275 e. The fourth-order valence-electron chi connectivity index (χ4n) is 0.965. The van der Waals surface area contributed by atoms with Crippen molar-refractivity contribution in [3.05, 3.63) is 29.8 Å². The summed E-state index contributed by atoms with van der Waals surface area (Å²) in [7, 11) is -3.98. The lowest BCUT2D eigenvalue weighted by Crippen LogP contribution is -2.13. The van der Waals surface area contributed by atoms with Crippen molar-refractivity contribution in [2.24, 2.45) is 5.16 Å². The SMILES string of the molecule is Cc1ccc(S(=O)(=O)/C(C#N)=N/O)cc1. The molecule has 1 aromatic carbocycles. The minimum absolute atomic E-state index is 0.0672. The molecule has 1 rings (SSSR count). The molecule has 0 atom stereocenters. The van der Waals surface area contributed by atoms with E-state index in [2.05, 4.69) is 5.16 Å². The van der Waals surface area contributed by atoms with E-state index in [-0.39, 0.29) is 4.90 Å². The van der Waals surface area contributed by atoms with E-state index < -0.39 is 14.9 Å². The van der Waals surface area contributed by atoms with Crippen LogP contribution >= 0.6 is 0 Å². The summed E-state index contributed by atoms with van der Waals surface area (Å²) in [5, 5.41) is 18.4. The molecule has 0 heterocycles. The summed E-state index contributed by atoms with van der Waals surface area (Å²) in [5.74, 6) is 0. The second kappa shape index (κ2) is 4.11. The van der Waals surface area contributed by atoms with Gasteiger partial charge in [0.25, 0.3) is 5.04 Å². The van der Waals surface area contributed by atoms with Crippen molar-refractivity contribution < 1.29 is 13.6 Å². The number of benzene rings is 1. The number of sulfone groups is 1. The van der Waals surface area contributed by atoms with E-state index in [1.807, 2.05) is 6.92 Å². The Bertz CT molecular complexity index is 523. The van der Waals surface area contributed by atoms with Crippen molar-refractivity contribution in [1.29, 1.82) is 5.26 Å². The number of rotatable bonds is 1. The first-order chi connectivity index (χ1) is 7.02. The van der Waals surface area contributed by atoms with Gasteiger partial charge in [-0.15, -0.1) is 0 Å². The van der Waals surface area contributed by atoms with Gasteiger partial charge in [-0.2, -0.15) is 5.26 Å². The zero-order valence-electron chi connectivity index (χ0n) is 7.88. The normalized spacial score (nSPS) is 12.1. The van der Waals surface area contributed by atoms with E-state index in [0.717, 1.165) is 5.56 Å². The van der Waals surface area contributed by atoms with Gasteiger partial charge < -0.3 is 5.21 Å². The highest BCUT2D eigenvalue weighted by Gasteiger charge is 2.22. The average Bonchev–Trinajstić information content (AvgIpc) is 2.19. The molecule has 0 spiro atoms. The molecule has 78 valence electrons. The molecule has 5 nitrogen and oxygen atoms in total. The van der Waals surface area contributed by atoms with E-state index in [4.69, 9.17) is 10.5 Å². The molecular weight excluding hydrogens is 216 g/mol. The number of nitriles is 1. The Morgan fingerprint density at radius 3 is 2.33 bits per heavy atom. The van der Waals surface area contributed by atoms with Gasteiger partial charge in [-0.05, 0) is 19.1 Å². The molecule has 0 saturated carbocycles. The molecule has 0 aromatic heterocycles. The van der Waals surface area contributed by atoms with Gasteiger partial charge in [0.2, 0.25) is 9.84 Å². The van der Waals surface area contributed by atoms with Gasteiger partial charge in [0, 0.05) is 0 Å². The Hall–Kier alpha value is -1.87. The highest BCUT2D eigenvalue weighted by Crippen LogP contribution is 2.13. The monoisotopic (exact) mass is 224 g/mol. The fourth-order valence-corrected chi connectivity index (χ4v) is 1.91. The topological polar surface area (TPSA) is 90.5 Å². The van der Waals surface area contributed by atoms with E-state index in [1.54, 1.807) is 12.1 Å². The Morgan fingerprint density at radius 2 is 1.93 bits per heavy atom. The molecular formula is C9H8N2O3S. The molecule has 0 fully saturated rings. The van der Waals surface area contributed by atoms with Crippen LogP contribution < -0.4 is 0 Å². The molecule has 1 N–H and O–H groups in total. The van der Waals surface area contributed by atoms with Crippen LogP contribution in [-0.2, 0) is 9.84 Å². The summed E-state index contributed by atoms with van der Waals surface area (Å²) >= 11 is 0. The summed E-state index contributed by atoms with van der Waals surface area (Å²) < 4.78 is 23.2. The van der Waals surface area contributed by atoms with Crippen LogP contribution in [0.4, 0.5) is 0 Å². The molecule has 6 heteroatoms. The minimum Gasteiger partial charge on any atom is -0.409 e. The third-order valence-corrected chi connectivity index (χ3v) is 3.35. The Morgan fingerprint density at radius 1 is 1.40 bits per heavy atom. The number of aryl methyl sites for hydroxylation is 1. The summed E-state index contributed by atoms with van der Waals surface area (Å²) in [5.41, 5.74) is 0.897. The Labute approximate surface area is 87.2 Å². The molecule has 0 radical (unpaired) electrons. The average molecular weight is 224 g/mol. The number of hydrogen-bond donors (Lipinski definition) is 1. The lowest BCUT2D eigenvalue weighted by Gasteiger charge is -2.00. The molecule has 1 aromatic rings.